The number of esters is 1. The van der Waals surface area contributed by atoms with Gasteiger partial charge in [0, 0.05) is 22.2 Å². The maximum atomic E-state index is 12.5. The molecule has 0 aliphatic rings. The second kappa shape index (κ2) is 5.49. The highest BCUT2D eigenvalue weighted by Crippen LogP contribution is 2.24. The highest BCUT2D eigenvalue weighted by molar-refractivity contribution is 6.11. The van der Waals surface area contributed by atoms with Crippen LogP contribution >= 0.6 is 0 Å². The van der Waals surface area contributed by atoms with Gasteiger partial charge in [-0.2, -0.15) is 0 Å². The average molecular weight is 273 g/mol. The first-order valence-corrected chi connectivity index (χ1v) is 6.73. The Morgan fingerprint density at radius 2 is 1.80 bits per heavy atom. The molecule has 106 valence electrons. The van der Waals surface area contributed by atoms with Gasteiger partial charge in [0.2, 0.25) is 5.78 Å². The third kappa shape index (κ3) is 2.59. The maximum Gasteiger partial charge on any atom is 0.309 e. The molecular weight excluding hydrogens is 254 g/mol. The molecule has 1 heterocycles. The van der Waals surface area contributed by atoms with Crippen molar-refractivity contribution < 1.29 is 14.3 Å². The Morgan fingerprint density at radius 3 is 2.45 bits per heavy atom. The van der Waals surface area contributed by atoms with Gasteiger partial charge in [-0.05, 0) is 19.9 Å². The normalized spacial score (nSPS) is 12.7. The summed E-state index contributed by atoms with van der Waals surface area (Å²) in [6.45, 7) is 6.96. The van der Waals surface area contributed by atoms with Gasteiger partial charge in [-0.15, -0.1) is 0 Å². The Balaban J connectivity index is 2.31. The molecule has 1 unspecified atom stereocenters. The highest BCUT2D eigenvalue weighted by Gasteiger charge is 2.25. The van der Waals surface area contributed by atoms with Crippen molar-refractivity contribution in [2.75, 3.05) is 0 Å². The summed E-state index contributed by atoms with van der Waals surface area (Å²) in [5.74, 6) is -0.772. The van der Waals surface area contributed by atoms with Crippen LogP contribution in [0.5, 0.6) is 0 Å². The van der Waals surface area contributed by atoms with Crippen molar-refractivity contribution in [3.63, 3.8) is 0 Å². The molecule has 4 nitrogen and oxygen atoms in total. The van der Waals surface area contributed by atoms with Crippen LogP contribution < -0.4 is 0 Å². The maximum absolute atomic E-state index is 12.5. The fourth-order valence-electron chi connectivity index (χ4n) is 2.16. The first kappa shape index (κ1) is 14.3. The standard InChI is InChI=1S/C16H19NO3/c1-9(2)16(19)20-11(4)15(18)14-10(3)17-13-8-6-5-7-12(13)14/h5-9,11,17H,1-4H3. The molecule has 0 spiro atoms. The quantitative estimate of drug-likeness (QED) is 0.687. The lowest BCUT2D eigenvalue weighted by Gasteiger charge is -2.14. The minimum absolute atomic E-state index is 0.172. The predicted molar refractivity (Wildman–Crippen MR) is 77.8 cm³/mol. The zero-order chi connectivity index (χ0) is 14.9. The summed E-state index contributed by atoms with van der Waals surface area (Å²) in [6, 6.07) is 7.61. The molecule has 1 atom stereocenters. The molecule has 0 saturated heterocycles. The van der Waals surface area contributed by atoms with Gasteiger partial charge in [0.15, 0.2) is 6.10 Å². The number of H-pyrrole nitrogens is 1. The van der Waals surface area contributed by atoms with Crippen LogP contribution in [-0.4, -0.2) is 22.8 Å². The number of fused-ring (bicyclic) bond motifs is 1. The number of rotatable bonds is 4. The highest BCUT2D eigenvalue weighted by atomic mass is 16.5. The van der Waals surface area contributed by atoms with E-state index >= 15 is 0 Å². The second-order valence-electron chi connectivity index (χ2n) is 5.27. The number of carbonyl (C=O) groups excluding carboxylic acids is 2. The summed E-state index contributed by atoms with van der Waals surface area (Å²) >= 11 is 0. The number of hydrogen-bond donors (Lipinski definition) is 1. The summed E-state index contributed by atoms with van der Waals surface area (Å²) in [7, 11) is 0. The summed E-state index contributed by atoms with van der Waals surface area (Å²) in [5.41, 5.74) is 2.31. The number of aromatic amines is 1. The third-order valence-corrected chi connectivity index (χ3v) is 3.27. The average Bonchev–Trinajstić information content (AvgIpc) is 2.73. The van der Waals surface area contributed by atoms with Gasteiger partial charge in [-0.1, -0.05) is 32.0 Å². The Morgan fingerprint density at radius 1 is 1.15 bits per heavy atom. The fraction of sp³-hybridized carbons (Fsp3) is 0.375. The second-order valence-corrected chi connectivity index (χ2v) is 5.27. The van der Waals surface area contributed by atoms with Crippen LogP contribution in [0.4, 0.5) is 0 Å². The summed E-state index contributed by atoms with van der Waals surface area (Å²) in [4.78, 5) is 27.3. The van der Waals surface area contributed by atoms with Crippen LogP contribution in [0.3, 0.4) is 0 Å². The van der Waals surface area contributed by atoms with Crippen LogP contribution in [0.2, 0.25) is 0 Å². The van der Waals surface area contributed by atoms with Crippen LogP contribution in [0.25, 0.3) is 10.9 Å². The number of carbonyl (C=O) groups is 2. The van der Waals surface area contributed by atoms with Gasteiger partial charge in [0.25, 0.3) is 0 Å². The first-order chi connectivity index (χ1) is 9.41. The Labute approximate surface area is 118 Å². The number of nitrogens with one attached hydrogen (secondary N) is 1. The molecule has 0 fully saturated rings. The van der Waals surface area contributed by atoms with E-state index in [1.807, 2.05) is 31.2 Å². The molecule has 0 bridgehead atoms. The first-order valence-electron chi connectivity index (χ1n) is 6.73. The van der Waals surface area contributed by atoms with Gasteiger partial charge in [-0.25, -0.2) is 0 Å². The van der Waals surface area contributed by atoms with Gasteiger partial charge in [0.05, 0.1) is 5.92 Å². The molecule has 20 heavy (non-hydrogen) atoms. The van der Waals surface area contributed by atoms with E-state index in [9.17, 15) is 9.59 Å². The molecule has 1 aromatic heterocycles. The number of Topliss-reactive ketones (excluding diaryl/α,β-unsaturated/α-hetero) is 1. The lowest BCUT2D eigenvalue weighted by atomic mass is 10.0. The van der Waals surface area contributed by atoms with E-state index in [1.54, 1.807) is 20.8 Å². The Hall–Kier alpha value is -2.10. The van der Waals surface area contributed by atoms with Crippen molar-refractivity contribution in [2.45, 2.75) is 33.8 Å². The number of aromatic nitrogens is 1. The molecular formula is C16H19NO3. The van der Waals surface area contributed by atoms with Gasteiger partial charge in [0.1, 0.15) is 0 Å². The predicted octanol–water partition coefficient (Wildman–Crippen LogP) is 3.25. The van der Waals surface area contributed by atoms with Crippen LogP contribution in [-0.2, 0) is 9.53 Å². The molecule has 0 saturated carbocycles. The van der Waals surface area contributed by atoms with E-state index in [4.69, 9.17) is 4.74 Å². The molecule has 0 amide bonds. The Bertz CT molecular complexity index is 655. The molecule has 4 heteroatoms. The van der Waals surface area contributed by atoms with Crippen molar-refractivity contribution in [2.24, 2.45) is 5.92 Å². The number of ketones is 1. The van der Waals surface area contributed by atoms with Crippen molar-refractivity contribution >= 4 is 22.7 Å². The molecule has 2 rings (SSSR count). The molecule has 0 aliphatic heterocycles. The summed E-state index contributed by atoms with van der Waals surface area (Å²) in [6.07, 6.45) is -0.775. The SMILES string of the molecule is Cc1[nH]c2ccccc2c1C(=O)C(C)OC(=O)C(C)C. The van der Waals surface area contributed by atoms with Gasteiger partial charge in [-0.3, -0.25) is 9.59 Å². The number of benzene rings is 1. The van der Waals surface area contributed by atoms with Crippen molar-refractivity contribution in [1.29, 1.82) is 0 Å². The molecule has 0 aliphatic carbocycles. The van der Waals surface area contributed by atoms with Crippen LogP contribution in [0.15, 0.2) is 24.3 Å². The zero-order valence-electron chi connectivity index (χ0n) is 12.2. The Kier molecular flexibility index (Phi) is 3.93. The molecule has 1 aromatic carbocycles. The minimum atomic E-state index is -0.775. The van der Waals surface area contributed by atoms with Crippen molar-refractivity contribution in [1.82, 2.24) is 4.98 Å². The largest absolute Gasteiger partial charge is 0.454 e. The number of para-hydroxylation sites is 1. The molecule has 0 radical (unpaired) electrons. The summed E-state index contributed by atoms with van der Waals surface area (Å²) < 4.78 is 5.20. The minimum Gasteiger partial charge on any atom is -0.454 e. The fourth-order valence-corrected chi connectivity index (χ4v) is 2.16. The van der Waals surface area contributed by atoms with Crippen molar-refractivity contribution in [3.8, 4) is 0 Å². The van der Waals surface area contributed by atoms with E-state index < -0.39 is 6.10 Å². The lowest BCUT2D eigenvalue weighted by molar-refractivity contribution is -0.150. The van der Waals surface area contributed by atoms with E-state index in [-0.39, 0.29) is 17.7 Å². The van der Waals surface area contributed by atoms with Gasteiger partial charge >= 0.3 is 5.97 Å². The number of ether oxygens (including phenoxy) is 1. The molecule has 1 N–H and O–H groups in total. The molecule has 2 aromatic rings. The van der Waals surface area contributed by atoms with Crippen LogP contribution in [0.1, 0.15) is 36.8 Å². The monoisotopic (exact) mass is 273 g/mol. The number of aryl methyl sites for hydroxylation is 1. The lowest BCUT2D eigenvalue weighted by Crippen LogP contribution is -2.26. The van der Waals surface area contributed by atoms with Gasteiger partial charge < -0.3 is 9.72 Å². The smallest absolute Gasteiger partial charge is 0.309 e. The topological polar surface area (TPSA) is 59.2 Å². The van der Waals surface area contributed by atoms with E-state index in [2.05, 4.69) is 4.98 Å². The van der Waals surface area contributed by atoms with E-state index in [0.717, 1.165) is 16.6 Å². The van der Waals surface area contributed by atoms with E-state index in [1.165, 1.54) is 0 Å². The van der Waals surface area contributed by atoms with Crippen LogP contribution in [0, 0.1) is 12.8 Å². The van der Waals surface area contributed by atoms with Crippen molar-refractivity contribution in [3.05, 3.63) is 35.5 Å². The third-order valence-electron chi connectivity index (χ3n) is 3.27. The summed E-state index contributed by atoms with van der Waals surface area (Å²) in [5, 5.41) is 0.863. The number of hydrogen-bond acceptors (Lipinski definition) is 3. The zero-order valence-corrected chi connectivity index (χ0v) is 12.2. The van der Waals surface area contributed by atoms with E-state index in [0.29, 0.717) is 5.56 Å².